The molecule has 0 fully saturated rings. The quantitative estimate of drug-likeness (QED) is 0.533. The fourth-order valence-electron chi connectivity index (χ4n) is 3.89. The Morgan fingerprint density at radius 2 is 1.73 bits per heavy atom. The number of hydrogen-bond donors (Lipinski definition) is 1. The molecule has 0 aliphatic heterocycles. The predicted octanol–water partition coefficient (Wildman–Crippen LogP) is 4.64. The topological polar surface area (TPSA) is 59.8 Å². The summed E-state index contributed by atoms with van der Waals surface area (Å²) in [5.74, 6) is 0.687. The molecule has 0 spiro atoms. The number of nitrogens with one attached hydrogen (secondary N) is 1. The first-order valence-electron chi connectivity index (χ1n) is 10.1. The summed E-state index contributed by atoms with van der Waals surface area (Å²) < 4.78 is 2.22. The van der Waals surface area contributed by atoms with Gasteiger partial charge in [0.25, 0.3) is 5.91 Å². The lowest BCUT2D eigenvalue weighted by molar-refractivity contribution is 0.0949. The summed E-state index contributed by atoms with van der Waals surface area (Å²) in [5, 5.41) is 2.99. The molecule has 1 N–H and O–H groups in total. The molecule has 2 aromatic carbocycles. The molecule has 0 aliphatic carbocycles. The summed E-state index contributed by atoms with van der Waals surface area (Å²) in [6, 6.07) is 13.9. The predicted molar refractivity (Wildman–Crippen MR) is 120 cm³/mol. The van der Waals surface area contributed by atoms with Gasteiger partial charge in [-0.1, -0.05) is 18.2 Å². The minimum Gasteiger partial charge on any atom is -0.345 e. The zero-order valence-electron chi connectivity index (χ0n) is 17.9. The molecule has 4 aromatic rings. The molecule has 5 heteroatoms. The van der Waals surface area contributed by atoms with E-state index in [1.807, 2.05) is 18.2 Å². The van der Waals surface area contributed by atoms with Gasteiger partial charge in [0.15, 0.2) is 0 Å². The molecule has 4 rings (SSSR count). The normalized spacial score (nSPS) is 11.1. The number of hydrogen-bond acceptors (Lipinski definition) is 3. The van der Waals surface area contributed by atoms with Crippen molar-refractivity contribution < 1.29 is 4.79 Å². The van der Waals surface area contributed by atoms with E-state index in [-0.39, 0.29) is 5.91 Å². The highest BCUT2D eigenvalue weighted by atomic mass is 16.1. The van der Waals surface area contributed by atoms with Gasteiger partial charge in [-0.3, -0.25) is 9.78 Å². The van der Waals surface area contributed by atoms with Crippen LogP contribution in [0.4, 0.5) is 0 Å². The van der Waals surface area contributed by atoms with Crippen LogP contribution < -0.4 is 5.32 Å². The van der Waals surface area contributed by atoms with Crippen LogP contribution in [0.1, 0.15) is 44.0 Å². The molecule has 1 amide bonds. The third kappa shape index (κ3) is 3.71. The van der Waals surface area contributed by atoms with Crippen LogP contribution in [0.3, 0.4) is 0 Å². The van der Waals surface area contributed by atoms with Gasteiger partial charge in [-0.2, -0.15) is 0 Å². The Hall–Kier alpha value is -3.47. The first kappa shape index (κ1) is 19.8. The van der Waals surface area contributed by atoms with Crippen molar-refractivity contribution in [3.05, 3.63) is 94.1 Å². The number of fused-ring (bicyclic) bond motifs is 1. The van der Waals surface area contributed by atoms with E-state index in [0.717, 1.165) is 23.4 Å². The van der Waals surface area contributed by atoms with E-state index in [9.17, 15) is 4.79 Å². The Kier molecular flexibility index (Phi) is 5.36. The van der Waals surface area contributed by atoms with Crippen molar-refractivity contribution >= 4 is 16.9 Å². The highest BCUT2D eigenvalue weighted by Gasteiger charge is 2.16. The van der Waals surface area contributed by atoms with Gasteiger partial charge in [0.1, 0.15) is 5.82 Å². The molecule has 30 heavy (non-hydrogen) atoms. The number of amides is 1. The van der Waals surface area contributed by atoms with Crippen LogP contribution in [0.5, 0.6) is 0 Å². The second-order valence-corrected chi connectivity index (χ2v) is 7.77. The number of para-hydroxylation sites is 2. The number of rotatable bonds is 5. The third-order valence-corrected chi connectivity index (χ3v) is 5.90. The molecular formula is C25H26N4O. The first-order valence-corrected chi connectivity index (χ1v) is 10.1. The van der Waals surface area contributed by atoms with E-state index >= 15 is 0 Å². The van der Waals surface area contributed by atoms with Crippen molar-refractivity contribution in [3.63, 3.8) is 0 Å². The number of carbonyl (C=O) groups is 1. The van der Waals surface area contributed by atoms with Crippen LogP contribution >= 0.6 is 0 Å². The molecule has 2 heterocycles. The lowest BCUT2D eigenvalue weighted by Gasteiger charge is -2.18. The zero-order chi connectivity index (χ0) is 21.3. The maximum atomic E-state index is 12.5. The van der Waals surface area contributed by atoms with Gasteiger partial charge in [0.2, 0.25) is 0 Å². The van der Waals surface area contributed by atoms with E-state index in [1.165, 1.54) is 27.8 Å². The SMILES string of the molecule is Cc1cc(C)c(C)c(Cn2c(CNC(=O)c3cccnc3)nc3ccccc32)c1C. The van der Waals surface area contributed by atoms with E-state index in [0.29, 0.717) is 12.1 Å². The molecule has 0 aliphatic rings. The maximum Gasteiger partial charge on any atom is 0.253 e. The summed E-state index contributed by atoms with van der Waals surface area (Å²) in [5.41, 5.74) is 9.07. The van der Waals surface area contributed by atoms with Gasteiger partial charge in [-0.05, 0) is 79.8 Å². The lowest BCUT2D eigenvalue weighted by Crippen LogP contribution is -2.25. The van der Waals surface area contributed by atoms with Crippen molar-refractivity contribution in [2.24, 2.45) is 0 Å². The Balaban J connectivity index is 1.71. The van der Waals surface area contributed by atoms with Gasteiger partial charge in [-0.25, -0.2) is 4.98 Å². The average Bonchev–Trinajstić information content (AvgIpc) is 3.11. The standard InChI is InChI=1S/C25H26N4O/c1-16-12-17(2)19(4)21(18(16)3)15-29-23-10-6-5-9-22(23)28-24(29)14-27-25(30)20-8-7-11-26-13-20/h5-13H,14-15H2,1-4H3,(H,27,30). The number of carbonyl (C=O) groups excluding carboxylic acids is 1. The van der Waals surface area contributed by atoms with Gasteiger partial charge < -0.3 is 9.88 Å². The number of aryl methyl sites for hydroxylation is 2. The molecule has 0 bridgehead atoms. The Morgan fingerprint density at radius 1 is 1.00 bits per heavy atom. The molecule has 152 valence electrons. The molecule has 0 saturated heterocycles. The average molecular weight is 399 g/mol. The van der Waals surface area contributed by atoms with E-state index < -0.39 is 0 Å². The molecule has 0 unspecified atom stereocenters. The second kappa shape index (κ2) is 8.11. The third-order valence-electron chi connectivity index (χ3n) is 5.90. The molecule has 2 aromatic heterocycles. The van der Waals surface area contributed by atoms with Crippen LogP contribution in [0.25, 0.3) is 11.0 Å². The summed E-state index contributed by atoms with van der Waals surface area (Å²) in [4.78, 5) is 21.3. The summed E-state index contributed by atoms with van der Waals surface area (Å²) in [6.45, 7) is 9.75. The highest BCUT2D eigenvalue weighted by molar-refractivity contribution is 5.93. The van der Waals surface area contributed by atoms with Crippen LogP contribution in [-0.2, 0) is 13.1 Å². The van der Waals surface area contributed by atoms with Crippen molar-refractivity contribution in [1.29, 1.82) is 0 Å². The highest BCUT2D eigenvalue weighted by Crippen LogP contribution is 2.25. The zero-order valence-corrected chi connectivity index (χ0v) is 17.9. The van der Waals surface area contributed by atoms with Gasteiger partial charge in [0, 0.05) is 18.9 Å². The first-order chi connectivity index (χ1) is 14.5. The van der Waals surface area contributed by atoms with Crippen LogP contribution in [0, 0.1) is 27.7 Å². The van der Waals surface area contributed by atoms with Crippen LogP contribution in [-0.4, -0.2) is 20.4 Å². The van der Waals surface area contributed by atoms with Gasteiger partial charge >= 0.3 is 0 Å². The minimum absolute atomic E-state index is 0.152. The van der Waals surface area contributed by atoms with Gasteiger partial charge in [-0.15, -0.1) is 0 Å². The Bertz CT molecular complexity index is 1200. The summed E-state index contributed by atoms with van der Waals surface area (Å²) in [7, 11) is 0. The number of pyridine rings is 1. The largest absolute Gasteiger partial charge is 0.345 e. The van der Waals surface area contributed by atoms with Crippen molar-refractivity contribution in [2.45, 2.75) is 40.8 Å². The van der Waals surface area contributed by atoms with Gasteiger partial charge in [0.05, 0.1) is 23.1 Å². The molecule has 0 atom stereocenters. The molecule has 5 nitrogen and oxygen atoms in total. The molecule has 0 radical (unpaired) electrons. The van der Waals surface area contributed by atoms with Crippen molar-refractivity contribution in [2.75, 3.05) is 0 Å². The Morgan fingerprint density at radius 3 is 2.43 bits per heavy atom. The second-order valence-electron chi connectivity index (χ2n) is 7.77. The number of benzene rings is 2. The molecule has 0 saturated carbocycles. The van der Waals surface area contributed by atoms with E-state index in [2.05, 4.69) is 54.7 Å². The Labute approximate surface area is 176 Å². The lowest BCUT2D eigenvalue weighted by atomic mass is 9.94. The van der Waals surface area contributed by atoms with Crippen LogP contribution in [0.15, 0.2) is 54.9 Å². The number of aromatic nitrogens is 3. The fourth-order valence-corrected chi connectivity index (χ4v) is 3.89. The van der Waals surface area contributed by atoms with Crippen molar-refractivity contribution in [3.8, 4) is 0 Å². The van der Waals surface area contributed by atoms with Crippen molar-refractivity contribution in [1.82, 2.24) is 19.9 Å². The summed E-state index contributed by atoms with van der Waals surface area (Å²) in [6.07, 6.45) is 3.23. The maximum absolute atomic E-state index is 12.5. The molecular weight excluding hydrogens is 372 g/mol. The number of nitrogens with zero attached hydrogens (tertiary/aromatic N) is 3. The smallest absolute Gasteiger partial charge is 0.253 e. The van der Waals surface area contributed by atoms with E-state index in [1.54, 1.807) is 24.5 Å². The van der Waals surface area contributed by atoms with E-state index in [4.69, 9.17) is 4.98 Å². The van der Waals surface area contributed by atoms with Crippen LogP contribution in [0.2, 0.25) is 0 Å². The minimum atomic E-state index is -0.152. The monoisotopic (exact) mass is 398 g/mol. The number of imidazole rings is 1. The summed E-state index contributed by atoms with van der Waals surface area (Å²) >= 11 is 0. The fraction of sp³-hybridized carbons (Fsp3) is 0.240.